The molecule has 31 heavy (non-hydrogen) atoms. The molecule has 4 aromatic rings. The van der Waals surface area contributed by atoms with E-state index in [4.69, 9.17) is 0 Å². The largest absolute Gasteiger partial charge is 0.435 e. The van der Waals surface area contributed by atoms with Gasteiger partial charge >= 0.3 is 6.61 Å². The molecular weight excluding hydrogens is 406 g/mol. The van der Waals surface area contributed by atoms with Crippen LogP contribution in [0.1, 0.15) is 21.7 Å². The Morgan fingerprint density at radius 3 is 2.58 bits per heavy atom. The number of benzene rings is 1. The van der Waals surface area contributed by atoms with Crippen molar-refractivity contribution in [1.82, 2.24) is 19.1 Å². The molecule has 0 fully saturated rings. The van der Waals surface area contributed by atoms with Crippen LogP contribution >= 0.6 is 0 Å². The lowest BCUT2D eigenvalue weighted by molar-refractivity contribution is -0.0498. The molecule has 0 aliphatic heterocycles. The molecule has 3 aromatic heterocycles. The second kappa shape index (κ2) is 8.10. The van der Waals surface area contributed by atoms with Gasteiger partial charge in [-0.05, 0) is 56.3 Å². The number of nitrogens with zero attached hydrogens (tertiary/aromatic N) is 4. The zero-order valence-electron chi connectivity index (χ0n) is 16.8. The van der Waals surface area contributed by atoms with E-state index >= 15 is 0 Å². The Bertz CT molecular complexity index is 1330. The van der Waals surface area contributed by atoms with Crippen molar-refractivity contribution in [3.63, 3.8) is 0 Å². The van der Waals surface area contributed by atoms with E-state index in [1.165, 1.54) is 23.0 Å². The monoisotopic (exact) mass is 424 g/mol. The Balaban J connectivity index is 1.63. The average molecular weight is 424 g/mol. The number of Topliss-reactive ketones (excluding diaryl/α,β-unsaturated/α-hetero) is 1. The molecule has 0 bridgehead atoms. The SMILES string of the molecule is Cc1cc(C(=O)Cn2cnc3ncccc3c2=O)c(C)n1-c1ccc(OC(F)F)cc1. The van der Waals surface area contributed by atoms with Crippen molar-refractivity contribution in [3.05, 3.63) is 82.3 Å². The molecule has 0 spiro atoms. The number of rotatable bonds is 6. The summed E-state index contributed by atoms with van der Waals surface area (Å²) in [7, 11) is 0. The maximum atomic E-state index is 13.0. The topological polar surface area (TPSA) is 79.0 Å². The molecular formula is C22H18F2N4O3. The summed E-state index contributed by atoms with van der Waals surface area (Å²) < 4.78 is 32.2. The lowest BCUT2D eigenvalue weighted by atomic mass is 10.1. The molecule has 0 amide bonds. The zero-order chi connectivity index (χ0) is 22.1. The van der Waals surface area contributed by atoms with E-state index < -0.39 is 6.61 Å². The van der Waals surface area contributed by atoms with Crippen molar-refractivity contribution in [3.8, 4) is 11.4 Å². The molecule has 0 radical (unpaired) electrons. The highest BCUT2D eigenvalue weighted by Gasteiger charge is 2.18. The number of halogens is 2. The van der Waals surface area contributed by atoms with E-state index in [0.29, 0.717) is 28.0 Å². The highest BCUT2D eigenvalue weighted by Crippen LogP contribution is 2.24. The lowest BCUT2D eigenvalue weighted by Crippen LogP contribution is -2.25. The number of fused-ring (bicyclic) bond motifs is 1. The number of hydrogen-bond acceptors (Lipinski definition) is 5. The molecule has 7 nitrogen and oxygen atoms in total. The highest BCUT2D eigenvalue weighted by molar-refractivity contribution is 5.97. The van der Waals surface area contributed by atoms with Gasteiger partial charge in [0.1, 0.15) is 12.1 Å². The Morgan fingerprint density at radius 1 is 1.13 bits per heavy atom. The first-order valence-electron chi connectivity index (χ1n) is 9.42. The summed E-state index contributed by atoms with van der Waals surface area (Å²) in [5, 5.41) is 0.342. The fourth-order valence-corrected chi connectivity index (χ4v) is 3.57. The first-order chi connectivity index (χ1) is 14.8. The smallest absolute Gasteiger partial charge is 0.387 e. The quantitative estimate of drug-likeness (QED) is 0.441. The van der Waals surface area contributed by atoms with Crippen LogP contribution in [0.2, 0.25) is 0 Å². The molecule has 0 atom stereocenters. The molecule has 1 aromatic carbocycles. The number of carbonyl (C=O) groups is 1. The normalized spacial score (nSPS) is 11.3. The van der Waals surface area contributed by atoms with E-state index in [-0.39, 0.29) is 23.6 Å². The zero-order valence-corrected chi connectivity index (χ0v) is 16.8. The minimum atomic E-state index is -2.89. The van der Waals surface area contributed by atoms with Crippen LogP contribution in [-0.4, -0.2) is 31.5 Å². The number of aromatic nitrogens is 4. The van der Waals surface area contributed by atoms with E-state index in [1.807, 2.05) is 11.5 Å². The number of ether oxygens (including phenoxy) is 1. The summed E-state index contributed by atoms with van der Waals surface area (Å²) in [6, 6.07) is 11.1. The summed E-state index contributed by atoms with van der Waals surface area (Å²) in [4.78, 5) is 33.8. The average Bonchev–Trinajstić information content (AvgIpc) is 3.04. The summed E-state index contributed by atoms with van der Waals surface area (Å²) in [6.45, 7) is 0.564. The second-order valence-electron chi connectivity index (χ2n) is 6.97. The Morgan fingerprint density at radius 2 is 1.87 bits per heavy atom. The van der Waals surface area contributed by atoms with Crippen molar-refractivity contribution in [1.29, 1.82) is 0 Å². The van der Waals surface area contributed by atoms with Gasteiger partial charge in [-0.1, -0.05) is 0 Å². The molecule has 3 heterocycles. The van der Waals surface area contributed by atoms with Crippen LogP contribution in [-0.2, 0) is 6.54 Å². The maximum absolute atomic E-state index is 13.0. The van der Waals surface area contributed by atoms with Gasteiger partial charge in [0.15, 0.2) is 11.4 Å². The van der Waals surface area contributed by atoms with Gasteiger partial charge in [0.2, 0.25) is 0 Å². The molecule has 0 saturated heterocycles. The standard InChI is InChI=1S/C22H18F2N4O3/c1-13-10-18(14(2)28(13)15-5-7-16(8-6-15)31-22(23)24)19(29)11-27-12-26-20-17(21(27)30)4-3-9-25-20/h3-10,12,22H,11H2,1-2H3. The van der Waals surface area contributed by atoms with Crippen LogP contribution in [0, 0.1) is 13.8 Å². The van der Waals surface area contributed by atoms with Crippen molar-refractivity contribution in [2.45, 2.75) is 27.0 Å². The van der Waals surface area contributed by atoms with Gasteiger partial charge in [-0.15, -0.1) is 0 Å². The van der Waals surface area contributed by atoms with Crippen LogP contribution in [0.4, 0.5) is 8.78 Å². The molecule has 4 rings (SSSR count). The third kappa shape index (κ3) is 3.94. The van der Waals surface area contributed by atoms with Crippen LogP contribution in [0.25, 0.3) is 16.7 Å². The van der Waals surface area contributed by atoms with E-state index in [2.05, 4.69) is 14.7 Å². The molecule has 0 aliphatic rings. The van der Waals surface area contributed by atoms with Crippen molar-refractivity contribution in [2.75, 3.05) is 0 Å². The summed E-state index contributed by atoms with van der Waals surface area (Å²) >= 11 is 0. The van der Waals surface area contributed by atoms with Crippen LogP contribution in [0.3, 0.4) is 0 Å². The summed E-state index contributed by atoms with van der Waals surface area (Å²) in [5.74, 6) is -0.195. The number of hydrogen-bond donors (Lipinski definition) is 0. The molecule has 0 unspecified atom stereocenters. The first-order valence-corrected chi connectivity index (χ1v) is 9.42. The van der Waals surface area contributed by atoms with Crippen molar-refractivity contribution < 1.29 is 18.3 Å². The maximum Gasteiger partial charge on any atom is 0.387 e. The van der Waals surface area contributed by atoms with Gasteiger partial charge in [-0.25, -0.2) is 9.97 Å². The Kier molecular flexibility index (Phi) is 5.33. The van der Waals surface area contributed by atoms with Gasteiger partial charge in [0, 0.05) is 28.8 Å². The van der Waals surface area contributed by atoms with Crippen molar-refractivity contribution >= 4 is 16.8 Å². The van der Waals surface area contributed by atoms with Gasteiger partial charge in [0.25, 0.3) is 5.56 Å². The minimum absolute atomic E-state index is 0.0511. The fourth-order valence-electron chi connectivity index (χ4n) is 3.57. The fraction of sp³-hybridized carbons (Fsp3) is 0.182. The molecule has 158 valence electrons. The third-order valence-corrected chi connectivity index (χ3v) is 4.96. The summed E-state index contributed by atoms with van der Waals surface area (Å²) in [6.07, 6.45) is 2.86. The molecule has 0 N–H and O–H groups in total. The third-order valence-electron chi connectivity index (χ3n) is 4.96. The van der Waals surface area contributed by atoms with E-state index in [1.54, 1.807) is 43.5 Å². The molecule has 0 aliphatic carbocycles. The molecule has 0 saturated carbocycles. The number of pyridine rings is 1. The van der Waals surface area contributed by atoms with E-state index in [9.17, 15) is 18.4 Å². The Hall–Kier alpha value is -3.88. The number of aryl methyl sites for hydroxylation is 1. The van der Waals surface area contributed by atoms with Gasteiger partial charge in [-0.3, -0.25) is 14.2 Å². The lowest BCUT2D eigenvalue weighted by Gasteiger charge is -2.11. The van der Waals surface area contributed by atoms with Crippen molar-refractivity contribution in [2.24, 2.45) is 0 Å². The highest BCUT2D eigenvalue weighted by atomic mass is 19.3. The van der Waals surface area contributed by atoms with Gasteiger partial charge < -0.3 is 9.30 Å². The van der Waals surface area contributed by atoms with E-state index in [0.717, 1.165) is 5.69 Å². The van der Waals surface area contributed by atoms with Crippen LogP contribution in [0.5, 0.6) is 5.75 Å². The second-order valence-corrected chi connectivity index (χ2v) is 6.97. The number of ketones is 1. The number of carbonyl (C=O) groups excluding carboxylic acids is 1. The first kappa shape index (κ1) is 20.4. The van der Waals surface area contributed by atoms with Crippen LogP contribution in [0.15, 0.2) is 59.8 Å². The minimum Gasteiger partial charge on any atom is -0.435 e. The summed E-state index contributed by atoms with van der Waals surface area (Å²) in [5.41, 5.74) is 2.61. The van der Waals surface area contributed by atoms with Crippen LogP contribution < -0.4 is 10.3 Å². The Labute approximate surface area is 175 Å². The van der Waals surface area contributed by atoms with Gasteiger partial charge in [-0.2, -0.15) is 8.78 Å². The van der Waals surface area contributed by atoms with Gasteiger partial charge in [0.05, 0.1) is 11.9 Å². The predicted molar refractivity (Wildman–Crippen MR) is 110 cm³/mol. The predicted octanol–water partition coefficient (Wildman–Crippen LogP) is 3.68. The molecule has 9 heteroatoms. The number of alkyl halides is 2.